The number of unbranched alkanes of at least 4 members (excludes halogenated alkanes) is 5. The minimum absolute atomic E-state index is 0.270. The van der Waals surface area contributed by atoms with E-state index in [1.807, 2.05) is 0 Å². The van der Waals surface area contributed by atoms with Gasteiger partial charge in [0.1, 0.15) is 5.78 Å². The van der Waals surface area contributed by atoms with Gasteiger partial charge in [0.25, 0.3) is 0 Å². The summed E-state index contributed by atoms with van der Waals surface area (Å²) in [5.74, 6) is 1.46. The zero-order valence-corrected chi connectivity index (χ0v) is 13.1. The standard InChI is InChI=1S/C17H34O/c1-5-6-7-8-9-10-12-15(2)13-11-14-16(3)17(4)18/h15-16H,5-14H2,1-4H3. The van der Waals surface area contributed by atoms with E-state index in [9.17, 15) is 4.79 Å². The van der Waals surface area contributed by atoms with E-state index >= 15 is 0 Å². The molecule has 0 heterocycles. The van der Waals surface area contributed by atoms with Gasteiger partial charge in [0.2, 0.25) is 0 Å². The lowest BCUT2D eigenvalue weighted by atomic mass is 9.93. The molecule has 0 amide bonds. The summed E-state index contributed by atoms with van der Waals surface area (Å²) in [5, 5.41) is 0. The number of carbonyl (C=O) groups is 1. The first-order valence-corrected chi connectivity index (χ1v) is 8.08. The van der Waals surface area contributed by atoms with Crippen LogP contribution >= 0.6 is 0 Å². The monoisotopic (exact) mass is 254 g/mol. The second kappa shape index (κ2) is 11.7. The summed E-state index contributed by atoms with van der Waals surface area (Å²) < 4.78 is 0. The molecule has 0 aliphatic heterocycles. The second-order valence-electron chi connectivity index (χ2n) is 6.10. The Morgan fingerprint density at radius 3 is 2.00 bits per heavy atom. The number of ketones is 1. The summed E-state index contributed by atoms with van der Waals surface area (Å²) in [4.78, 5) is 11.1. The zero-order chi connectivity index (χ0) is 13.8. The van der Waals surface area contributed by atoms with Crippen molar-refractivity contribution < 1.29 is 4.79 Å². The van der Waals surface area contributed by atoms with Crippen molar-refractivity contribution in [2.24, 2.45) is 11.8 Å². The molecule has 0 saturated carbocycles. The van der Waals surface area contributed by atoms with Crippen molar-refractivity contribution in [2.75, 3.05) is 0 Å². The van der Waals surface area contributed by atoms with E-state index in [1.165, 1.54) is 57.8 Å². The number of carbonyl (C=O) groups excluding carboxylic acids is 1. The molecule has 1 nitrogen and oxygen atoms in total. The van der Waals surface area contributed by atoms with Gasteiger partial charge >= 0.3 is 0 Å². The molecular weight excluding hydrogens is 220 g/mol. The third kappa shape index (κ3) is 10.8. The summed E-state index contributed by atoms with van der Waals surface area (Å²) in [6.45, 7) is 8.40. The van der Waals surface area contributed by atoms with Crippen LogP contribution in [0.25, 0.3) is 0 Å². The van der Waals surface area contributed by atoms with Crippen molar-refractivity contribution in [1.82, 2.24) is 0 Å². The van der Waals surface area contributed by atoms with E-state index in [4.69, 9.17) is 0 Å². The van der Waals surface area contributed by atoms with Gasteiger partial charge in [0, 0.05) is 5.92 Å². The van der Waals surface area contributed by atoms with Gasteiger partial charge in [-0.15, -0.1) is 0 Å². The fourth-order valence-corrected chi connectivity index (χ4v) is 2.39. The van der Waals surface area contributed by atoms with Crippen LogP contribution in [0.1, 0.15) is 91.9 Å². The summed E-state index contributed by atoms with van der Waals surface area (Å²) >= 11 is 0. The normalized spacial score (nSPS) is 14.4. The van der Waals surface area contributed by atoms with Crippen molar-refractivity contribution in [3.05, 3.63) is 0 Å². The average Bonchev–Trinajstić information content (AvgIpc) is 2.33. The molecule has 2 atom stereocenters. The summed E-state index contributed by atoms with van der Waals surface area (Å²) in [5.41, 5.74) is 0. The molecule has 0 fully saturated rings. The quantitative estimate of drug-likeness (QED) is 0.404. The smallest absolute Gasteiger partial charge is 0.132 e. The first-order valence-electron chi connectivity index (χ1n) is 8.08. The van der Waals surface area contributed by atoms with E-state index < -0.39 is 0 Å². The SMILES string of the molecule is CCCCCCCCC(C)CCCC(C)C(C)=O. The lowest BCUT2D eigenvalue weighted by molar-refractivity contribution is -0.120. The summed E-state index contributed by atoms with van der Waals surface area (Å²) in [6.07, 6.45) is 13.4. The molecule has 0 N–H and O–H groups in total. The highest BCUT2D eigenvalue weighted by molar-refractivity contribution is 5.77. The van der Waals surface area contributed by atoms with Gasteiger partial charge in [-0.1, -0.05) is 78.6 Å². The third-order valence-electron chi connectivity index (χ3n) is 4.08. The zero-order valence-electron chi connectivity index (χ0n) is 13.1. The van der Waals surface area contributed by atoms with Gasteiger partial charge in [-0.05, 0) is 19.3 Å². The molecule has 0 rings (SSSR count). The fraction of sp³-hybridized carbons (Fsp3) is 0.941. The molecule has 1 heteroatoms. The molecule has 0 saturated heterocycles. The third-order valence-corrected chi connectivity index (χ3v) is 4.08. The Balaban J connectivity index is 3.32. The summed E-state index contributed by atoms with van der Waals surface area (Å²) in [7, 11) is 0. The lowest BCUT2D eigenvalue weighted by Gasteiger charge is -2.12. The Morgan fingerprint density at radius 2 is 1.39 bits per heavy atom. The Kier molecular flexibility index (Phi) is 11.5. The molecule has 108 valence electrons. The predicted octanol–water partition coefficient (Wildman–Crippen LogP) is 5.77. The molecule has 0 aliphatic rings. The first kappa shape index (κ1) is 17.7. The van der Waals surface area contributed by atoms with Crippen LogP contribution in [-0.4, -0.2) is 5.78 Å². The molecule has 0 aromatic heterocycles. The van der Waals surface area contributed by atoms with Crippen molar-refractivity contribution in [3.63, 3.8) is 0 Å². The first-order chi connectivity index (χ1) is 8.57. The Hall–Kier alpha value is -0.330. The largest absolute Gasteiger partial charge is 0.300 e. The molecule has 0 radical (unpaired) electrons. The van der Waals surface area contributed by atoms with E-state index in [-0.39, 0.29) is 5.92 Å². The van der Waals surface area contributed by atoms with Crippen molar-refractivity contribution >= 4 is 5.78 Å². The predicted molar refractivity (Wildman–Crippen MR) is 80.9 cm³/mol. The molecular formula is C17H34O. The van der Waals surface area contributed by atoms with Gasteiger partial charge in [-0.2, -0.15) is 0 Å². The van der Waals surface area contributed by atoms with Crippen LogP contribution in [0.4, 0.5) is 0 Å². The molecule has 0 aromatic rings. The van der Waals surface area contributed by atoms with E-state index in [0.717, 1.165) is 12.3 Å². The maximum Gasteiger partial charge on any atom is 0.132 e. The van der Waals surface area contributed by atoms with Gasteiger partial charge in [-0.25, -0.2) is 0 Å². The molecule has 0 aromatic carbocycles. The van der Waals surface area contributed by atoms with Gasteiger partial charge in [0.05, 0.1) is 0 Å². The van der Waals surface area contributed by atoms with Crippen molar-refractivity contribution in [1.29, 1.82) is 0 Å². The van der Waals surface area contributed by atoms with Crippen LogP contribution in [0.2, 0.25) is 0 Å². The van der Waals surface area contributed by atoms with E-state index in [1.54, 1.807) is 6.92 Å². The van der Waals surface area contributed by atoms with Gasteiger partial charge in [0.15, 0.2) is 0 Å². The summed E-state index contributed by atoms with van der Waals surface area (Å²) in [6, 6.07) is 0. The number of hydrogen-bond acceptors (Lipinski definition) is 1. The maximum atomic E-state index is 11.1. The number of rotatable bonds is 12. The Labute approximate surface area is 115 Å². The molecule has 0 bridgehead atoms. The van der Waals surface area contributed by atoms with E-state index in [2.05, 4.69) is 20.8 Å². The van der Waals surface area contributed by atoms with E-state index in [0.29, 0.717) is 5.78 Å². The highest BCUT2D eigenvalue weighted by Crippen LogP contribution is 2.19. The van der Waals surface area contributed by atoms with Crippen molar-refractivity contribution in [2.45, 2.75) is 91.9 Å². The molecule has 2 unspecified atom stereocenters. The lowest BCUT2D eigenvalue weighted by Crippen LogP contribution is -2.06. The highest BCUT2D eigenvalue weighted by atomic mass is 16.1. The maximum absolute atomic E-state index is 11.1. The van der Waals surface area contributed by atoms with Crippen LogP contribution in [0.3, 0.4) is 0 Å². The molecule has 18 heavy (non-hydrogen) atoms. The topological polar surface area (TPSA) is 17.1 Å². The Morgan fingerprint density at radius 1 is 0.833 bits per heavy atom. The van der Waals surface area contributed by atoms with Gasteiger partial charge in [-0.3, -0.25) is 4.79 Å². The Bertz CT molecular complexity index is 198. The van der Waals surface area contributed by atoms with Crippen molar-refractivity contribution in [3.8, 4) is 0 Å². The van der Waals surface area contributed by atoms with Crippen LogP contribution < -0.4 is 0 Å². The second-order valence-corrected chi connectivity index (χ2v) is 6.10. The molecule has 0 spiro atoms. The van der Waals surface area contributed by atoms with Crippen LogP contribution in [0, 0.1) is 11.8 Å². The highest BCUT2D eigenvalue weighted by Gasteiger charge is 2.08. The number of Topliss-reactive ketones (excluding diaryl/α,β-unsaturated/α-hetero) is 1. The average molecular weight is 254 g/mol. The fourth-order valence-electron chi connectivity index (χ4n) is 2.39. The van der Waals surface area contributed by atoms with Crippen LogP contribution in [-0.2, 0) is 4.79 Å². The minimum atomic E-state index is 0.270. The van der Waals surface area contributed by atoms with Crippen LogP contribution in [0.15, 0.2) is 0 Å². The number of hydrogen-bond donors (Lipinski definition) is 0. The molecule has 0 aliphatic carbocycles. The van der Waals surface area contributed by atoms with Gasteiger partial charge < -0.3 is 0 Å². The minimum Gasteiger partial charge on any atom is -0.300 e. The van der Waals surface area contributed by atoms with Crippen LogP contribution in [0.5, 0.6) is 0 Å².